The Hall–Kier alpha value is -2.08. The van der Waals surface area contributed by atoms with Crippen molar-refractivity contribution in [1.29, 1.82) is 0 Å². The Bertz CT molecular complexity index is 683. The van der Waals surface area contributed by atoms with Crippen molar-refractivity contribution in [2.24, 2.45) is 0 Å². The minimum Gasteiger partial charge on any atom is -0.378 e. The van der Waals surface area contributed by atoms with Crippen molar-refractivity contribution in [3.05, 3.63) is 39.0 Å². The standard InChI is InChI=1S/C12H13N3O3/c16-11-9-2-1-8(15-3-5-18-6-4-15)7-10(9)13-12(17)14-11/h1-2,7H,3-6H2,(H2,13,14,16,17). The van der Waals surface area contributed by atoms with Gasteiger partial charge in [-0.25, -0.2) is 4.79 Å². The minimum absolute atomic E-state index is 0.359. The third kappa shape index (κ3) is 1.91. The number of fused-ring (bicyclic) bond motifs is 1. The second-order valence-electron chi connectivity index (χ2n) is 4.24. The van der Waals surface area contributed by atoms with Crippen molar-refractivity contribution in [1.82, 2.24) is 9.97 Å². The summed E-state index contributed by atoms with van der Waals surface area (Å²) >= 11 is 0. The molecule has 0 spiro atoms. The molecule has 2 aromatic rings. The number of H-pyrrole nitrogens is 2. The van der Waals surface area contributed by atoms with Crippen LogP contribution in [0.25, 0.3) is 10.9 Å². The first-order valence-corrected chi connectivity index (χ1v) is 5.83. The van der Waals surface area contributed by atoms with Crippen LogP contribution in [0.15, 0.2) is 27.8 Å². The van der Waals surface area contributed by atoms with Crippen LogP contribution in [0.2, 0.25) is 0 Å². The molecule has 1 aromatic heterocycles. The lowest BCUT2D eigenvalue weighted by Crippen LogP contribution is -2.36. The summed E-state index contributed by atoms with van der Waals surface area (Å²) in [5.74, 6) is 0. The fraction of sp³-hybridized carbons (Fsp3) is 0.333. The zero-order chi connectivity index (χ0) is 12.5. The summed E-state index contributed by atoms with van der Waals surface area (Å²) in [4.78, 5) is 29.8. The average Bonchev–Trinajstić information content (AvgIpc) is 2.39. The Morgan fingerprint density at radius 1 is 1.11 bits per heavy atom. The molecule has 0 saturated carbocycles. The van der Waals surface area contributed by atoms with Gasteiger partial charge in [-0.05, 0) is 18.2 Å². The molecule has 2 heterocycles. The number of anilines is 1. The van der Waals surface area contributed by atoms with E-state index in [-0.39, 0.29) is 5.56 Å². The number of aromatic nitrogens is 2. The highest BCUT2D eigenvalue weighted by molar-refractivity contribution is 5.81. The average molecular weight is 247 g/mol. The zero-order valence-electron chi connectivity index (χ0n) is 9.73. The molecule has 0 aliphatic carbocycles. The van der Waals surface area contributed by atoms with Crippen LogP contribution in [0.1, 0.15) is 0 Å². The minimum atomic E-state index is -0.480. The maximum atomic E-state index is 11.6. The molecule has 0 unspecified atom stereocenters. The molecule has 6 heteroatoms. The van der Waals surface area contributed by atoms with Gasteiger partial charge in [-0.2, -0.15) is 0 Å². The highest BCUT2D eigenvalue weighted by atomic mass is 16.5. The molecule has 0 radical (unpaired) electrons. The molecule has 1 fully saturated rings. The van der Waals surface area contributed by atoms with Crippen LogP contribution in [0, 0.1) is 0 Å². The Morgan fingerprint density at radius 2 is 1.89 bits per heavy atom. The molecular weight excluding hydrogens is 234 g/mol. The van der Waals surface area contributed by atoms with Crippen LogP contribution < -0.4 is 16.1 Å². The second kappa shape index (κ2) is 4.30. The number of benzene rings is 1. The van der Waals surface area contributed by atoms with Gasteiger partial charge < -0.3 is 14.6 Å². The van der Waals surface area contributed by atoms with Crippen molar-refractivity contribution in [3.63, 3.8) is 0 Å². The molecule has 2 N–H and O–H groups in total. The lowest BCUT2D eigenvalue weighted by atomic mass is 10.2. The lowest BCUT2D eigenvalue weighted by Gasteiger charge is -2.28. The Balaban J connectivity index is 2.10. The van der Waals surface area contributed by atoms with Crippen LogP contribution in [0.3, 0.4) is 0 Å². The zero-order valence-corrected chi connectivity index (χ0v) is 9.73. The summed E-state index contributed by atoms with van der Waals surface area (Å²) in [7, 11) is 0. The number of nitrogens with one attached hydrogen (secondary N) is 2. The highest BCUT2D eigenvalue weighted by Crippen LogP contribution is 2.19. The molecule has 6 nitrogen and oxygen atoms in total. The van der Waals surface area contributed by atoms with Crippen LogP contribution in [-0.4, -0.2) is 36.3 Å². The van der Waals surface area contributed by atoms with Crippen LogP contribution in [-0.2, 0) is 4.74 Å². The summed E-state index contributed by atoms with van der Waals surface area (Å²) in [5.41, 5.74) is 0.716. The maximum Gasteiger partial charge on any atom is 0.326 e. The second-order valence-corrected chi connectivity index (χ2v) is 4.24. The first kappa shape index (κ1) is 11.0. The van der Waals surface area contributed by atoms with Gasteiger partial charge in [-0.15, -0.1) is 0 Å². The number of hydrogen-bond donors (Lipinski definition) is 2. The normalized spacial score (nSPS) is 16.1. The van der Waals surface area contributed by atoms with Crippen molar-refractivity contribution in [2.75, 3.05) is 31.2 Å². The topological polar surface area (TPSA) is 78.2 Å². The van der Waals surface area contributed by atoms with Crippen LogP contribution in [0.5, 0.6) is 0 Å². The van der Waals surface area contributed by atoms with Gasteiger partial charge in [-0.1, -0.05) is 0 Å². The predicted octanol–water partition coefficient (Wildman–Crippen LogP) is 0.0530. The van der Waals surface area contributed by atoms with Gasteiger partial charge in [0.05, 0.1) is 24.1 Å². The molecule has 1 aliphatic heterocycles. The first-order chi connectivity index (χ1) is 8.74. The van der Waals surface area contributed by atoms with Crippen molar-refractivity contribution < 1.29 is 4.74 Å². The number of ether oxygens (including phenoxy) is 1. The molecular formula is C12H13N3O3. The maximum absolute atomic E-state index is 11.6. The third-order valence-corrected chi connectivity index (χ3v) is 3.10. The van der Waals surface area contributed by atoms with E-state index in [2.05, 4.69) is 14.9 Å². The summed E-state index contributed by atoms with van der Waals surface area (Å²) < 4.78 is 5.29. The van der Waals surface area contributed by atoms with E-state index < -0.39 is 5.69 Å². The van der Waals surface area contributed by atoms with Gasteiger partial charge >= 0.3 is 5.69 Å². The molecule has 1 saturated heterocycles. The predicted molar refractivity (Wildman–Crippen MR) is 68.2 cm³/mol. The first-order valence-electron chi connectivity index (χ1n) is 5.83. The van der Waals surface area contributed by atoms with Gasteiger partial charge in [0.2, 0.25) is 0 Å². The van der Waals surface area contributed by atoms with Gasteiger partial charge in [0.1, 0.15) is 0 Å². The quantitative estimate of drug-likeness (QED) is 0.746. The smallest absolute Gasteiger partial charge is 0.326 e. The molecule has 0 atom stereocenters. The highest BCUT2D eigenvalue weighted by Gasteiger charge is 2.12. The largest absolute Gasteiger partial charge is 0.378 e. The van der Waals surface area contributed by atoms with E-state index in [0.717, 1.165) is 18.8 Å². The van der Waals surface area contributed by atoms with Crippen molar-refractivity contribution in [2.45, 2.75) is 0 Å². The SMILES string of the molecule is O=c1[nH]c(=O)c2ccc(N3CCOCC3)cc2[nH]1. The molecule has 94 valence electrons. The van der Waals surface area contributed by atoms with E-state index in [0.29, 0.717) is 24.1 Å². The van der Waals surface area contributed by atoms with E-state index in [1.165, 1.54) is 0 Å². The number of aromatic amines is 2. The lowest BCUT2D eigenvalue weighted by molar-refractivity contribution is 0.122. The summed E-state index contributed by atoms with van der Waals surface area (Å²) in [6, 6.07) is 5.45. The van der Waals surface area contributed by atoms with Gasteiger partial charge in [0, 0.05) is 18.8 Å². The summed E-state index contributed by atoms with van der Waals surface area (Å²) in [6.45, 7) is 3.03. The van der Waals surface area contributed by atoms with E-state index in [1.54, 1.807) is 6.07 Å². The van der Waals surface area contributed by atoms with E-state index in [4.69, 9.17) is 4.74 Å². The van der Waals surface area contributed by atoms with Crippen molar-refractivity contribution >= 4 is 16.6 Å². The van der Waals surface area contributed by atoms with Gasteiger partial charge in [-0.3, -0.25) is 9.78 Å². The Kier molecular flexibility index (Phi) is 2.64. The van der Waals surface area contributed by atoms with E-state index >= 15 is 0 Å². The molecule has 1 aromatic carbocycles. The molecule has 1 aliphatic rings. The van der Waals surface area contributed by atoms with Crippen molar-refractivity contribution in [3.8, 4) is 0 Å². The fourth-order valence-corrected chi connectivity index (χ4v) is 2.18. The van der Waals surface area contributed by atoms with E-state index in [1.807, 2.05) is 12.1 Å². The number of hydrogen-bond acceptors (Lipinski definition) is 4. The van der Waals surface area contributed by atoms with E-state index in [9.17, 15) is 9.59 Å². The Labute approximate surface area is 102 Å². The van der Waals surface area contributed by atoms with Crippen LogP contribution in [0.4, 0.5) is 5.69 Å². The van der Waals surface area contributed by atoms with Crippen LogP contribution >= 0.6 is 0 Å². The van der Waals surface area contributed by atoms with Gasteiger partial charge in [0.25, 0.3) is 5.56 Å². The third-order valence-electron chi connectivity index (χ3n) is 3.10. The molecule has 18 heavy (non-hydrogen) atoms. The Morgan fingerprint density at radius 3 is 2.67 bits per heavy atom. The number of morpholine rings is 1. The molecule has 0 bridgehead atoms. The number of rotatable bonds is 1. The molecule has 3 rings (SSSR count). The number of nitrogens with zero attached hydrogens (tertiary/aromatic N) is 1. The van der Waals surface area contributed by atoms with Gasteiger partial charge in [0.15, 0.2) is 0 Å². The summed E-state index contributed by atoms with van der Waals surface area (Å²) in [5, 5.41) is 0.492. The summed E-state index contributed by atoms with van der Waals surface area (Å²) in [6.07, 6.45) is 0. The monoisotopic (exact) mass is 247 g/mol. The fourth-order valence-electron chi connectivity index (χ4n) is 2.18. The molecule has 0 amide bonds.